The number of likely N-dealkylation sites (tertiary alicyclic amines) is 1. The van der Waals surface area contributed by atoms with Crippen LogP contribution in [0.25, 0.3) is 0 Å². The van der Waals surface area contributed by atoms with Crippen LogP contribution < -0.4 is 0 Å². The largest absolute Gasteiger partial charge is 0.439 e. The smallest absolute Gasteiger partial charge is 0.411 e. The zero-order valence-corrected chi connectivity index (χ0v) is 17.1. The van der Waals surface area contributed by atoms with Crippen LogP contribution in [0.2, 0.25) is 0 Å². The Kier molecular flexibility index (Phi) is 5.99. The van der Waals surface area contributed by atoms with Gasteiger partial charge in [-0.2, -0.15) is 0 Å². The Balaban J connectivity index is 1.31. The topological polar surface area (TPSA) is 75.6 Å². The Hall–Kier alpha value is -2.61. The zero-order chi connectivity index (χ0) is 20.2. The van der Waals surface area contributed by atoms with E-state index in [0.29, 0.717) is 24.0 Å². The van der Waals surface area contributed by atoms with Gasteiger partial charge in [0, 0.05) is 31.5 Å². The van der Waals surface area contributed by atoms with E-state index >= 15 is 0 Å². The Bertz CT molecular complexity index is 844. The highest BCUT2D eigenvalue weighted by atomic mass is 32.2. The number of ether oxygens (including phenoxy) is 1. The summed E-state index contributed by atoms with van der Waals surface area (Å²) in [7, 11) is 0. The van der Waals surface area contributed by atoms with E-state index in [1.54, 1.807) is 18.5 Å². The highest BCUT2D eigenvalue weighted by molar-refractivity contribution is 7.99. The number of thioether (sulfide) groups is 1. The van der Waals surface area contributed by atoms with Gasteiger partial charge in [0.05, 0.1) is 11.8 Å². The monoisotopic (exact) mass is 412 g/mol. The van der Waals surface area contributed by atoms with Crippen LogP contribution in [-0.4, -0.2) is 62.7 Å². The molecule has 7 nitrogen and oxygen atoms in total. The molecule has 4 rings (SSSR count). The number of carbonyl (C=O) groups is 2. The molecular formula is C21H24N4O3S. The molecule has 2 saturated heterocycles. The summed E-state index contributed by atoms with van der Waals surface area (Å²) >= 11 is 1.35. The number of hydrogen-bond acceptors (Lipinski definition) is 6. The van der Waals surface area contributed by atoms with Crippen LogP contribution in [0, 0.1) is 0 Å². The van der Waals surface area contributed by atoms with E-state index in [2.05, 4.69) is 9.97 Å². The van der Waals surface area contributed by atoms with E-state index in [1.807, 2.05) is 47.1 Å². The average Bonchev–Trinajstić information content (AvgIpc) is 3.07. The first-order valence-electron chi connectivity index (χ1n) is 9.85. The lowest BCUT2D eigenvalue weighted by Crippen LogP contribution is -2.49. The SMILES string of the molecule is CC1C(c2ccccc2)OC(=O)N1C1CCN(C(=O)CSc2ncccn2)CC1. The summed E-state index contributed by atoms with van der Waals surface area (Å²) in [5.74, 6) is 0.410. The fourth-order valence-corrected chi connectivity index (χ4v) is 4.73. The normalized spacial score (nSPS) is 22.6. The van der Waals surface area contributed by atoms with E-state index in [9.17, 15) is 9.59 Å². The molecule has 0 saturated carbocycles. The fourth-order valence-electron chi connectivity index (χ4n) is 4.02. The number of hydrogen-bond donors (Lipinski definition) is 0. The van der Waals surface area contributed by atoms with Crippen LogP contribution in [0.1, 0.15) is 31.4 Å². The van der Waals surface area contributed by atoms with Crippen molar-refractivity contribution in [2.24, 2.45) is 0 Å². The van der Waals surface area contributed by atoms with E-state index < -0.39 is 0 Å². The van der Waals surface area contributed by atoms with Gasteiger partial charge in [-0.25, -0.2) is 14.8 Å². The van der Waals surface area contributed by atoms with Gasteiger partial charge in [0.1, 0.15) is 6.10 Å². The number of carbonyl (C=O) groups excluding carboxylic acids is 2. The van der Waals surface area contributed by atoms with E-state index in [0.717, 1.165) is 18.4 Å². The van der Waals surface area contributed by atoms with Gasteiger partial charge in [-0.15, -0.1) is 0 Å². The van der Waals surface area contributed by atoms with Crippen LogP contribution in [0.15, 0.2) is 53.9 Å². The van der Waals surface area contributed by atoms with Gasteiger partial charge < -0.3 is 9.64 Å². The maximum absolute atomic E-state index is 12.5. The van der Waals surface area contributed by atoms with E-state index in [1.165, 1.54) is 11.8 Å². The second kappa shape index (κ2) is 8.82. The third-order valence-corrected chi connectivity index (χ3v) is 6.38. The standard InChI is InChI=1S/C21H24N4O3S/c1-15-19(16-6-3-2-4-7-16)28-21(27)25(15)17-8-12-24(13-9-17)18(26)14-29-20-22-10-5-11-23-20/h2-7,10-11,15,17,19H,8-9,12-14H2,1H3. The molecule has 1 aromatic carbocycles. The molecule has 8 heteroatoms. The lowest BCUT2D eigenvalue weighted by molar-refractivity contribution is -0.129. The van der Waals surface area contributed by atoms with Crippen molar-refractivity contribution in [3.63, 3.8) is 0 Å². The summed E-state index contributed by atoms with van der Waals surface area (Å²) in [5.41, 5.74) is 1.02. The molecule has 0 radical (unpaired) electrons. The minimum absolute atomic E-state index is 0.0251. The molecule has 0 bridgehead atoms. The molecule has 0 N–H and O–H groups in total. The first-order chi connectivity index (χ1) is 14.1. The van der Waals surface area contributed by atoms with Crippen LogP contribution in [0.5, 0.6) is 0 Å². The lowest BCUT2D eigenvalue weighted by atomic mass is 9.98. The van der Waals surface area contributed by atoms with Crippen molar-refractivity contribution in [1.29, 1.82) is 0 Å². The second-order valence-electron chi connectivity index (χ2n) is 7.29. The molecule has 0 aliphatic carbocycles. The molecule has 29 heavy (non-hydrogen) atoms. The summed E-state index contributed by atoms with van der Waals surface area (Å²) in [4.78, 5) is 37.1. The van der Waals surface area contributed by atoms with E-state index in [-0.39, 0.29) is 30.2 Å². The molecule has 2 aliphatic heterocycles. The molecule has 2 amide bonds. The summed E-state index contributed by atoms with van der Waals surface area (Å²) in [6, 6.07) is 11.7. The summed E-state index contributed by atoms with van der Waals surface area (Å²) < 4.78 is 5.68. The highest BCUT2D eigenvalue weighted by Gasteiger charge is 2.44. The molecule has 2 atom stereocenters. The Morgan fingerprint density at radius 1 is 1.14 bits per heavy atom. The predicted molar refractivity (Wildman–Crippen MR) is 109 cm³/mol. The van der Waals surface area contributed by atoms with Crippen molar-refractivity contribution < 1.29 is 14.3 Å². The fraction of sp³-hybridized carbons (Fsp3) is 0.429. The molecule has 0 spiro atoms. The number of rotatable bonds is 5. The first kappa shape index (κ1) is 19.7. The van der Waals surface area contributed by atoms with Gasteiger partial charge in [-0.1, -0.05) is 42.1 Å². The van der Waals surface area contributed by atoms with Gasteiger partial charge in [0.15, 0.2) is 5.16 Å². The predicted octanol–water partition coefficient (Wildman–Crippen LogP) is 3.14. The maximum atomic E-state index is 12.5. The number of cyclic esters (lactones) is 1. The summed E-state index contributed by atoms with van der Waals surface area (Å²) in [5, 5.41) is 0.608. The van der Waals surface area contributed by atoms with Gasteiger partial charge in [0.2, 0.25) is 5.91 Å². The molecule has 2 aliphatic rings. The number of benzene rings is 1. The van der Waals surface area contributed by atoms with Crippen molar-refractivity contribution >= 4 is 23.8 Å². The molecule has 2 aromatic rings. The van der Waals surface area contributed by atoms with Gasteiger partial charge in [-0.3, -0.25) is 9.69 Å². The van der Waals surface area contributed by atoms with Crippen molar-refractivity contribution in [3.05, 3.63) is 54.4 Å². The Morgan fingerprint density at radius 2 is 1.83 bits per heavy atom. The maximum Gasteiger partial charge on any atom is 0.411 e. The van der Waals surface area contributed by atoms with Crippen LogP contribution in [0.4, 0.5) is 4.79 Å². The number of amides is 2. The van der Waals surface area contributed by atoms with Crippen molar-refractivity contribution in [1.82, 2.24) is 19.8 Å². The first-order valence-corrected chi connectivity index (χ1v) is 10.8. The molecular weight excluding hydrogens is 388 g/mol. The minimum atomic E-state index is -0.257. The van der Waals surface area contributed by atoms with Crippen LogP contribution in [-0.2, 0) is 9.53 Å². The molecule has 3 heterocycles. The average molecular weight is 413 g/mol. The summed E-state index contributed by atoms with van der Waals surface area (Å²) in [6.07, 6.45) is 4.37. The van der Waals surface area contributed by atoms with Crippen molar-refractivity contribution in [2.45, 2.75) is 43.1 Å². The van der Waals surface area contributed by atoms with Crippen LogP contribution in [0.3, 0.4) is 0 Å². The number of aromatic nitrogens is 2. The van der Waals surface area contributed by atoms with Crippen molar-refractivity contribution in [3.8, 4) is 0 Å². The Morgan fingerprint density at radius 3 is 2.52 bits per heavy atom. The van der Waals surface area contributed by atoms with Gasteiger partial charge in [0.25, 0.3) is 0 Å². The second-order valence-corrected chi connectivity index (χ2v) is 8.24. The third kappa shape index (κ3) is 4.37. The van der Waals surface area contributed by atoms with Crippen LogP contribution >= 0.6 is 11.8 Å². The minimum Gasteiger partial charge on any atom is -0.439 e. The molecule has 1 aromatic heterocycles. The number of nitrogens with zero attached hydrogens (tertiary/aromatic N) is 4. The Labute approximate surface area is 174 Å². The number of piperidine rings is 1. The molecule has 2 fully saturated rings. The highest BCUT2D eigenvalue weighted by Crippen LogP contribution is 2.35. The third-order valence-electron chi connectivity index (χ3n) is 5.52. The van der Waals surface area contributed by atoms with E-state index in [4.69, 9.17) is 4.74 Å². The van der Waals surface area contributed by atoms with Gasteiger partial charge >= 0.3 is 6.09 Å². The van der Waals surface area contributed by atoms with Gasteiger partial charge in [-0.05, 0) is 31.4 Å². The molecule has 2 unspecified atom stereocenters. The lowest BCUT2D eigenvalue weighted by Gasteiger charge is -2.37. The quantitative estimate of drug-likeness (QED) is 0.555. The molecule has 152 valence electrons. The van der Waals surface area contributed by atoms with Crippen molar-refractivity contribution in [2.75, 3.05) is 18.8 Å². The summed E-state index contributed by atoms with van der Waals surface area (Å²) in [6.45, 7) is 3.33. The zero-order valence-electron chi connectivity index (χ0n) is 16.3.